The lowest BCUT2D eigenvalue weighted by Crippen LogP contribution is -2.41. The third-order valence-electron chi connectivity index (χ3n) is 4.05. The van der Waals surface area contributed by atoms with Crippen molar-refractivity contribution >= 4 is 29.9 Å². The molecule has 1 atom stereocenters. The Hall–Kier alpha value is -1.09. The molecule has 0 spiro atoms. The summed E-state index contributed by atoms with van der Waals surface area (Å²) in [6.07, 6.45) is 1.83. The SMILES string of the molecule is CCNC(=NCC(CCO)CC(C)C)N(C)CCOc1ccc(F)cc1.I. The molecular weight excluding hydrogens is 460 g/mol. The molecule has 0 heterocycles. The van der Waals surface area contributed by atoms with Gasteiger partial charge in [0, 0.05) is 26.7 Å². The molecule has 0 fully saturated rings. The average molecular weight is 495 g/mol. The summed E-state index contributed by atoms with van der Waals surface area (Å²) < 4.78 is 18.6. The molecule has 1 aromatic rings. The van der Waals surface area contributed by atoms with Crippen LogP contribution >= 0.6 is 24.0 Å². The molecule has 1 aromatic carbocycles. The molecule has 5 nitrogen and oxygen atoms in total. The molecule has 27 heavy (non-hydrogen) atoms. The maximum Gasteiger partial charge on any atom is 0.193 e. The Morgan fingerprint density at radius 3 is 2.52 bits per heavy atom. The number of hydrogen-bond donors (Lipinski definition) is 2. The molecule has 0 bridgehead atoms. The third kappa shape index (κ3) is 11.4. The first-order chi connectivity index (χ1) is 12.5. The fourth-order valence-corrected chi connectivity index (χ4v) is 2.76. The van der Waals surface area contributed by atoms with Crippen molar-refractivity contribution in [3.63, 3.8) is 0 Å². The molecule has 1 unspecified atom stereocenters. The van der Waals surface area contributed by atoms with Crippen LogP contribution in [0.1, 0.15) is 33.6 Å². The van der Waals surface area contributed by atoms with Crippen LogP contribution in [-0.2, 0) is 0 Å². The lowest BCUT2D eigenvalue weighted by molar-refractivity contribution is 0.245. The Morgan fingerprint density at radius 2 is 1.96 bits per heavy atom. The minimum absolute atomic E-state index is 0. The molecular formula is C20H35FIN3O2. The normalized spacial score (nSPS) is 12.5. The Labute approximate surface area is 180 Å². The summed E-state index contributed by atoms with van der Waals surface area (Å²) in [6, 6.07) is 6.03. The molecule has 156 valence electrons. The second-order valence-corrected chi connectivity index (χ2v) is 6.93. The molecule has 7 heteroatoms. The lowest BCUT2D eigenvalue weighted by Gasteiger charge is -2.23. The summed E-state index contributed by atoms with van der Waals surface area (Å²) >= 11 is 0. The van der Waals surface area contributed by atoms with E-state index in [0.717, 1.165) is 25.3 Å². The number of aliphatic imine (C=N–C) groups is 1. The van der Waals surface area contributed by atoms with Crippen molar-refractivity contribution in [3.05, 3.63) is 30.1 Å². The number of hydrogen-bond acceptors (Lipinski definition) is 3. The van der Waals surface area contributed by atoms with Crippen molar-refractivity contribution in [1.29, 1.82) is 0 Å². The highest BCUT2D eigenvalue weighted by Gasteiger charge is 2.12. The van der Waals surface area contributed by atoms with Gasteiger partial charge in [0.2, 0.25) is 0 Å². The van der Waals surface area contributed by atoms with Crippen LogP contribution in [0.15, 0.2) is 29.3 Å². The summed E-state index contributed by atoms with van der Waals surface area (Å²) in [5.41, 5.74) is 0. The van der Waals surface area contributed by atoms with Crippen LogP contribution in [-0.4, -0.2) is 55.9 Å². The zero-order valence-electron chi connectivity index (χ0n) is 16.9. The number of benzene rings is 1. The van der Waals surface area contributed by atoms with Gasteiger partial charge in [0.05, 0.1) is 6.54 Å². The number of halogens is 2. The van der Waals surface area contributed by atoms with E-state index in [0.29, 0.717) is 37.3 Å². The smallest absolute Gasteiger partial charge is 0.193 e. The molecule has 0 radical (unpaired) electrons. The summed E-state index contributed by atoms with van der Waals surface area (Å²) in [6.45, 7) is 9.26. The maximum absolute atomic E-state index is 12.9. The van der Waals surface area contributed by atoms with Gasteiger partial charge in [0.15, 0.2) is 5.96 Å². The minimum atomic E-state index is -0.269. The Bertz CT molecular complexity index is 526. The number of ether oxygens (including phenoxy) is 1. The van der Waals surface area contributed by atoms with Gasteiger partial charge >= 0.3 is 0 Å². The summed E-state index contributed by atoms with van der Waals surface area (Å²) in [4.78, 5) is 6.76. The van der Waals surface area contributed by atoms with E-state index >= 15 is 0 Å². The van der Waals surface area contributed by atoms with Crippen LogP contribution in [0.5, 0.6) is 5.75 Å². The van der Waals surface area contributed by atoms with E-state index in [1.54, 1.807) is 12.1 Å². The van der Waals surface area contributed by atoms with Gasteiger partial charge in [-0.05, 0) is 55.9 Å². The van der Waals surface area contributed by atoms with Gasteiger partial charge in [-0.3, -0.25) is 4.99 Å². The van der Waals surface area contributed by atoms with Gasteiger partial charge in [-0.1, -0.05) is 13.8 Å². The van der Waals surface area contributed by atoms with E-state index in [-0.39, 0.29) is 36.4 Å². The highest BCUT2D eigenvalue weighted by molar-refractivity contribution is 14.0. The molecule has 0 aliphatic heterocycles. The first kappa shape index (κ1) is 25.9. The van der Waals surface area contributed by atoms with Crippen LogP contribution in [0.4, 0.5) is 4.39 Å². The van der Waals surface area contributed by atoms with E-state index < -0.39 is 0 Å². The van der Waals surface area contributed by atoms with Crippen LogP contribution in [0.2, 0.25) is 0 Å². The Balaban J connectivity index is 0.00000676. The predicted molar refractivity (Wildman–Crippen MR) is 121 cm³/mol. The maximum atomic E-state index is 12.9. The largest absolute Gasteiger partial charge is 0.492 e. The number of rotatable bonds is 11. The number of likely N-dealkylation sites (N-methyl/N-ethyl adjacent to an activating group) is 1. The number of guanidine groups is 1. The second-order valence-electron chi connectivity index (χ2n) is 6.93. The third-order valence-corrected chi connectivity index (χ3v) is 4.05. The lowest BCUT2D eigenvalue weighted by atomic mass is 9.94. The molecule has 0 aromatic heterocycles. The first-order valence-corrected chi connectivity index (χ1v) is 9.44. The van der Waals surface area contributed by atoms with Crippen LogP contribution in [0.3, 0.4) is 0 Å². The van der Waals surface area contributed by atoms with Crippen LogP contribution < -0.4 is 10.1 Å². The number of nitrogens with one attached hydrogen (secondary N) is 1. The van der Waals surface area contributed by atoms with E-state index in [9.17, 15) is 9.50 Å². The fraction of sp³-hybridized carbons (Fsp3) is 0.650. The first-order valence-electron chi connectivity index (χ1n) is 9.44. The molecule has 2 N–H and O–H groups in total. The van der Waals surface area contributed by atoms with Crippen molar-refractivity contribution in [3.8, 4) is 5.75 Å². The molecule has 0 aliphatic carbocycles. The Morgan fingerprint density at radius 1 is 1.30 bits per heavy atom. The van der Waals surface area contributed by atoms with Gasteiger partial charge in [0.1, 0.15) is 18.2 Å². The highest BCUT2D eigenvalue weighted by Crippen LogP contribution is 2.15. The summed E-state index contributed by atoms with van der Waals surface area (Å²) in [5, 5.41) is 12.6. The van der Waals surface area contributed by atoms with E-state index in [4.69, 9.17) is 9.73 Å². The van der Waals surface area contributed by atoms with Gasteiger partial charge in [0.25, 0.3) is 0 Å². The zero-order chi connectivity index (χ0) is 19.4. The van der Waals surface area contributed by atoms with Gasteiger partial charge in [-0.2, -0.15) is 0 Å². The number of aliphatic hydroxyl groups excluding tert-OH is 1. The molecule has 0 saturated heterocycles. The van der Waals surface area contributed by atoms with Gasteiger partial charge < -0.3 is 20.1 Å². The predicted octanol–water partition coefficient (Wildman–Crippen LogP) is 3.76. The summed E-state index contributed by atoms with van der Waals surface area (Å²) in [7, 11) is 1.97. The van der Waals surface area contributed by atoms with E-state index in [2.05, 4.69) is 19.2 Å². The van der Waals surface area contributed by atoms with Gasteiger partial charge in [-0.25, -0.2) is 4.39 Å². The number of nitrogens with zero attached hydrogens (tertiary/aromatic N) is 2. The molecule has 1 rings (SSSR count). The van der Waals surface area contributed by atoms with Crippen molar-refractivity contribution in [2.45, 2.75) is 33.6 Å². The van der Waals surface area contributed by atoms with E-state index in [1.807, 2.05) is 18.9 Å². The van der Waals surface area contributed by atoms with Crippen molar-refractivity contribution in [2.24, 2.45) is 16.8 Å². The fourth-order valence-electron chi connectivity index (χ4n) is 2.76. The van der Waals surface area contributed by atoms with Gasteiger partial charge in [-0.15, -0.1) is 24.0 Å². The molecule has 0 amide bonds. The summed E-state index contributed by atoms with van der Waals surface area (Å²) in [5.74, 6) is 2.20. The average Bonchev–Trinajstić information content (AvgIpc) is 2.59. The van der Waals surface area contributed by atoms with Crippen molar-refractivity contribution in [2.75, 3.05) is 39.9 Å². The van der Waals surface area contributed by atoms with Crippen molar-refractivity contribution < 1.29 is 14.2 Å². The molecule has 0 aliphatic rings. The van der Waals surface area contributed by atoms with E-state index in [1.165, 1.54) is 12.1 Å². The standard InChI is InChI=1S/C20H34FN3O2.HI/c1-5-22-20(23-15-17(10-12-25)14-16(2)3)24(4)11-13-26-19-8-6-18(21)7-9-19;/h6-9,16-17,25H,5,10-15H2,1-4H3,(H,22,23);1H. The topological polar surface area (TPSA) is 57.1 Å². The van der Waals surface area contributed by atoms with Crippen LogP contribution in [0, 0.1) is 17.7 Å². The zero-order valence-corrected chi connectivity index (χ0v) is 19.3. The van der Waals surface area contributed by atoms with Crippen molar-refractivity contribution in [1.82, 2.24) is 10.2 Å². The minimum Gasteiger partial charge on any atom is -0.492 e. The highest BCUT2D eigenvalue weighted by atomic mass is 127. The second kappa shape index (κ2) is 14.9. The van der Waals surface area contributed by atoms with Crippen LogP contribution in [0.25, 0.3) is 0 Å². The Kier molecular flexibility index (Phi) is 14.3. The quantitative estimate of drug-likeness (QED) is 0.279. The number of aliphatic hydroxyl groups is 1. The molecule has 0 saturated carbocycles. The monoisotopic (exact) mass is 495 g/mol.